The van der Waals surface area contributed by atoms with Crippen LogP contribution in [0.25, 0.3) is 0 Å². The van der Waals surface area contributed by atoms with Crippen LogP contribution in [-0.4, -0.2) is 57.6 Å². The number of hydrogen-bond acceptors (Lipinski definition) is 2. The predicted octanol–water partition coefficient (Wildman–Crippen LogP) is -1.05. The first kappa shape index (κ1) is 19.9. The van der Waals surface area contributed by atoms with Crippen molar-refractivity contribution in [1.29, 1.82) is 0 Å². The number of likely N-dealkylation sites (tertiary alicyclic amines) is 1. The van der Waals surface area contributed by atoms with Gasteiger partial charge >= 0.3 is 11.9 Å². The second-order valence-electron chi connectivity index (χ2n) is 5.53. The highest BCUT2D eigenvalue weighted by atomic mass is 79.9. The van der Waals surface area contributed by atoms with Gasteiger partial charge in [-0.15, -0.1) is 0 Å². The van der Waals surface area contributed by atoms with E-state index in [-0.39, 0.29) is 36.0 Å². The lowest BCUT2D eigenvalue weighted by Gasteiger charge is -2.39. The summed E-state index contributed by atoms with van der Waals surface area (Å²) in [5.74, 6) is -2.39. The van der Waals surface area contributed by atoms with Crippen LogP contribution < -0.4 is 17.0 Å². The quantitative estimate of drug-likeness (QED) is 0.315. The molecule has 0 spiro atoms. The molecular formula is C13H23Br2NO4. The van der Waals surface area contributed by atoms with E-state index in [1.54, 1.807) is 0 Å². The van der Waals surface area contributed by atoms with E-state index < -0.39 is 17.4 Å². The molecular weight excluding hydrogens is 394 g/mol. The second-order valence-corrected chi connectivity index (χ2v) is 6.18. The number of quaternary nitrogens is 1. The highest BCUT2D eigenvalue weighted by Crippen LogP contribution is 2.42. The maximum absolute atomic E-state index is 11.5. The zero-order valence-electron chi connectivity index (χ0n) is 11.9. The van der Waals surface area contributed by atoms with Crippen LogP contribution in [0.1, 0.15) is 33.1 Å². The first-order valence-electron chi connectivity index (χ1n) is 6.77. The molecule has 1 aliphatic heterocycles. The fourth-order valence-electron chi connectivity index (χ4n) is 3.46. The summed E-state index contributed by atoms with van der Waals surface area (Å²) in [5, 5.41) is 19.5. The lowest BCUT2D eigenvalue weighted by atomic mass is 9.86. The number of carbonyl (C=O) groups is 2. The molecule has 0 aromatic heterocycles. The Bertz CT molecular complexity index is 342. The van der Waals surface area contributed by atoms with Crippen molar-refractivity contribution in [2.24, 2.45) is 5.41 Å². The monoisotopic (exact) mass is 415 g/mol. The Morgan fingerprint density at radius 1 is 1.20 bits per heavy atom. The lowest BCUT2D eigenvalue weighted by molar-refractivity contribution is -0.938. The molecule has 1 fully saturated rings. The van der Waals surface area contributed by atoms with Gasteiger partial charge in [0.25, 0.3) is 0 Å². The van der Waals surface area contributed by atoms with Crippen molar-refractivity contribution in [1.82, 2.24) is 0 Å². The average molecular weight is 417 g/mol. The predicted molar refractivity (Wildman–Crippen MR) is 75.3 cm³/mol. The van der Waals surface area contributed by atoms with E-state index in [0.29, 0.717) is 9.81 Å². The van der Waals surface area contributed by atoms with Crippen molar-refractivity contribution < 1.29 is 41.3 Å². The smallest absolute Gasteiger partial charge is 0.327 e. The summed E-state index contributed by atoms with van der Waals surface area (Å²) in [7, 11) is 0. The van der Waals surface area contributed by atoms with Crippen LogP contribution in [0.15, 0.2) is 0 Å². The van der Waals surface area contributed by atoms with Gasteiger partial charge in [0.05, 0.1) is 18.4 Å². The molecule has 1 aliphatic rings. The first-order valence-corrected chi connectivity index (χ1v) is 7.89. The fraction of sp³-hybridized carbons (Fsp3) is 0.846. The molecule has 7 heteroatoms. The van der Waals surface area contributed by atoms with Gasteiger partial charge in [0.15, 0.2) is 0 Å². The summed E-state index contributed by atoms with van der Waals surface area (Å²) in [6.07, 6.45) is 2.07. The van der Waals surface area contributed by atoms with Crippen molar-refractivity contribution in [2.45, 2.75) is 39.2 Å². The molecule has 0 saturated carbocycles. The van der Waals surface area contributed by atoms with E-state index in [9.17, 15) is 19.8 Å². The molecule has 0 aliphatic carbocycles. The lowest BCUT2D eigenvalue weighted by Crippen LogP contribution is -3.00. The molecule has 1 rings (SSSR count). The van der Waals surface area contributed by atoms with Crippen LogP contribution in [0, 0.1) is 5.41 Å². The Kier molecular flexibility index (Phi) is 7.70. The normalized spacial score (nSPS) is 23.1. The number of alkyl halides is 1. The van der Waals surface area contributed by atoms with Gasteiger partial charge in [-0.05, 0) is 12.8 Å². The number of halogens is 2. The summed E-state index contributed by atoms with van der Waals surface area (Å²) in [4.78, 5) is 23.0. The molecule has 1 heterocycles. The van der Waals surface area contributed by atoms with E-state index in [4.69, 9.17) is 0 Å². The zero-order valence-corrected chi connectivity index (χ0v) is 15.1. The Labute approximate surface area is 138 Å². The molecule has 0 aromatic rings. The highest BCUT2D eigenvalue weighted by Gasteiger charge is 2.62. The van der Waals surface area contributed by atoms with Crippen molar-refractivity contribution >= 4 is 27.9 Å². The molecule has 1 saturated heterocycles. The minimum atomic E-state index is -1.62. The van der Waals surface area contributed by atoms with Gasteiger partial charge in [0, 0.05) is 6.42 Å². The fourth-order valence-corrected chi connectivity index (χ4v) is 4.30. The molecule has 5 nitrogen and oxygen atoms in total. The minimum absolute atomic E-state index is 0. The molecule has 1 atom stereocenters. The second kappa shape index (κ2) is 7.75. The van der Waals surface area contributed by atoms with Crippen molar-refractivity contribution in [3.8, 4) is 0 Å². The third kappa shape index (κ3) is 3.36. The van der Waals surface area contributed by atoms with Crippen LogP contribution in [0.2, 0.25) is 0 Å². The highest BCUT2D eigenvalue weighted by molar-refractivity contribution is 9.09. The Morgan fingerprint density at radius 2 is 1.65 bits per heavy atom. The number of aliphatic carboxylic acids is 2. The summed E-state index contributed by atoms with van der Waals surface area (Å²) >= 11 is 3.44. The summed E-state index contributed by atoms with van der Waals surface area (Å²) in [5.41, 5.74) is -1.62. The van der Waals surface area contributed by atoms with Gasteiger partial charge in [0.1, 0.15) is 12.6 Å². The van der Waals surface area contributed by atoms with Crippen molar-refractivity contribution in [3.05, 3.63) is 0 Å². The van der Waals surface area contributed by atoms with Crippen LogP contribution in [0.4, 0.5) is 0 Å². The standard InChI is InChI=1S/C13H22BrNO4.BrH/c1-3-5-15(6-4-2)9-13(11(16)17,12(18)19)7-10(15)8-14;/h10H,3-9H2,1-2H3,(H-,16,17,18,19);1H. The summed E-state index contributed by atoms with van der Waals surface area (Å²) in [6.45, 7) is 6.00. The van der Waals surface area contributed by atoms with Gasteiger partial charge in [-0.2, -0.15) is 0 Å². The van der Waals surface area contributed by atoms with Crippen LogP contribution in [0.3, 0.4) is 0 Å². The number of rotatable bonds is 7. The Morgan fingerprint density at radius 3 is 1.95 bits per heavy atom. The molecule has 2 N–H and O–H groups in total. The summed E-state index contributed by atoms with van der Waals surface area (Å²) < 4.78 is 0.608. The zero-order chi connectivity index (χ0) is 14.7. The SMILES string of the molecule is CCC[N+]1(CCC)CC(C(=O)O)(C(=O)O)CC1CBr.[Br-]. The largest absolute Gasteiger partial charge is 1.00 e. The number of hydrogen-bond donors (Lipinski definition) is 2. The maximum atomic E-state index is 11.5. The topological polar surface area (TPSA) is 74.6 Å². The van der Waals surface area contributed by atoms with Gasteiger partial charge in [-0.25, -0.2) is 0 Å². The number of carboxylic acid groups (broad SMARTS) is 2. The third-order valence-electron chi connectivity index (χ3n) is 4.28. The molecule has 20 heavy (non-hydrogen) atoms. The number of carboxylic acids is 2. The van der Waals surface area contributed by atoms with Crippen molar-refractivity contribution in [2.75, 3.05) is 25.0 Å². The van der Waals surface area contributed by atoms with E-state index in [1.165, 1.54) is 0 Å². The van der Waals surface area contributed by atoms with E-state index in [1.807, 2.05) is 0 Å². The Hall–Kier alpha value is -0.140. The van der Waals surface area contributed by atoms with E-state index in [0.717, 1.165) is 25.9 Å². The molecule has 118 valence electrons. The maximum Gasteiger partial charge on any atom is 0.327 e. The molecule has 0 bridgehead atoms. The van der Waals surface area contributed by atoms with Gasteiger partial charge < -0.3 is 31.7 Å². The van der Waals surface area contributed by atoms with Gasteiger partial charge in [0.2, 0.25) is 5.41 Å². The Balaban J connectivity index is 0.00000361. The van der Waals surface area contributed by atoms with E-state index >= 15 is 0 Å². The van der Waals surface area contributed by atoms with Gasteiger partial charge in [-0.3, -0.25) is 9.59 Å². The molecule has 0 amide bonds. The van der Waals surface area contributed by atoms with Crippen molar-refractivity contribution in [3.63, 3.8) is 0 Å². The third-order valence-corrected chi connectivity index (χ3v) is 5.03. The molecule has 0 aromatic carbocycles. The van der Waals surface area contributed by atoms with Gasteiger partial charge in [-0.1, -0.05) is 29.8 Å². The van der Waals surface area contributed by atoms with Crippen LogP contribution in [0.5, 0.6) is 0 Å². The average Bonchev–Trinajstić information content (AvgIpc) is 2.66. The molecule has 0 radical (unpaired) electrons. The minimum Gasteiger partial charge on any atom is -1.00 e. The summed E-state index contributed by atoms with van der Waals surface area (Å²) in [6, 6.07) is 0.0621. The first-order chi connectivity index (χ1) is 8.88. The molecule has 1 unspecified atom stereocenters. The van der Waals surface area contributed by atoms with Crippen LogP contribution in [-0.2, 0) is 9.59 Å². The van der Waals surface area contributed by atoms with E-state index in [2.05, 4.69) is 29.8 Å². The van der Waals surface area contributed by atoms with Crippen LogP contribution >= 0.6 is 15.9 Å². The number of nitrogens with zero attached hydrogens (tertiary/aromatic N) is 1.